The van der Waals surface area contributed by atoms with Gasteiger partial charge in [0.2, 0.25) is 6.04 Å². The van der Waals surface area contributed by atoms with Gasteiger partial charge in [-0.05, 0) is 32.1 Å². The summed E-state index contributed by atoms with van der Waals surface area (Å²) in [5.41, 5.74) is 0. The Balaban J connectivity index is 1.84. The number of alkyl halides is 1. The van der Waals surface area contributed by atoms with E-state index < -0.39 is 38.4 Å². The van der Waals surface area contributed by atoms with Gasteiger partial charge in [-0.3, -0.25) is 14.9 Å². The summed E-state index contributed by atoms with van der Waals surface area (Å²) in [5.74, 6) is -0.899. The van der Waals surface area contributed by atoms with Crippen molar-refractivity contribution in [3.05, 3.63) is 10.1 Å². The number of carbonyl (C=O) groups is 1. The fraction of sp³-hybridized carbons (Fsp3) is 0.929. The van der Waals surface area contributed by atoms with Crippen LogP contribution in [0.15, 0.2) is 0 Å². The molecule has 132 valence electrons. The molecular weight excluding hydrogens is 346 g/mol. The standard InChI is InChI=1S/C14H22ClNO6S/c1-23(20,21)11-6-7-12(13(15)8-11)14(17)22-10-4-2-9(3-5-10)16(18)19/h9-13H,2-8H2,1H3. The van der Waals surface area contributed by atoms with Crippen LogP contribution in [0.2, 0.25) is 0 Å². The van der Waals surface area contributed by atoms with E-state index in [1.165, 1.54) is 6.26 Å². The lowest BCUT2D eigenvalue weighted by molar-refractivity contribution is -0.527. The molecule has 2 saturated carbocycles. The summed E-state index contributed by atoms with van der Waals surface area (Å²) in [6.45, 7) is 0. The summed E-state index contributed by atoms with van der Waals surface area (Å²) in [4.78, 5) is 22.7. The third kappa shape index (κ3) is 4.79. The SMILES string of the molecule is CS(=O)(=O)C1CCC(C(=O)OC2CCC([N+](=O)[O-])CC2)C(Cl)C1. The highest BCUT2D eigenvalue weighted by Gasteiger charge is 2.40. The van der Waals surface area contributed by atoms with Crippen LogP contribution >= 0.6 is 11.6 Å². The molecule has 2 fully saturated rings. The second-order valence-corrected chi connectivity index (χ2v) is 9.43. The first-order valence-corrected chi connectivity index (χ1v) is 10.2. The van der Waals surface area contributed by atoms with Crippen molar-refractivity contribution in [2.75, 3.05) is 6.26 Å². The second kappa shape index (κ2) is 7.34. The fourth-order valence-corrected chi connectivity index (χ4v) is 5.03. The highest BCUT2D eigenvalue weighted by Crippen LogP contribution is 2.34. The fourth-order valence-electron chi connectivity index (χ4n) is 3.36. The first-order valence-electron chi connectivity index (χ1n) is 7.85. The van der Waals surface area contributed by atoms with Crippen molar-refractivity contribution in [2.45, 2.75) is 67.7 Å². The molecule has 3 atom stereocenters. The predicted octanol–water partition coefficient (Wildman–Crippen LogP) is 1.94. The van der Waals surface area contributed by atoms with Crippen molar-refractivity contribution in [3.63, 3.8) is 0 Å². The van der Waals surface area contributed by atoms with E-state index in [1.54, 1.807) is 0 Å². The topological polar surface area (TPSA) is 104 Å². The lowest BCUT2D eigenvalue weighted by Gasteiger charge is -2.32. The number of carbonyl (C=O) groups excluding carboxylic acids is 1. The zero-order chi connectivity index (χ0) is 17.2. The van der Waals surface area contributed by atoms with E-state index in [1.807, 2.05) is 0 Å². The van der Waals surface area contributed by atoms with Gasteiger partial charge in [0.25, 0.3) is 0 Å². The zero-order valence-corrected chi connectivity index (χ0v) is 14.6. The molecule has 2 aliphatic carbocycles. The number of rotatable bonds is 4. The van der Waals surface area contributed by atoms with Gasteiger partial charge in [-0.1, -0.05) is 0 Å². The molecule has 0 bridgehead atoms. The summed E-state index contributed by atoms with van der Waals surface area (Å²) < 4.78 is 28.6. The van der Waals surface area contributed by atoms with Crippen LogP contribution in [0.5, 0.6) is 0 Å². The largest absolute Gasteiger partial charge is 0.462 e. The Morgan fingerprint density at radius 1 is 1.17 bits per heavy atom. The zero-order valence-electron chi connectivity index (χ0n) is 13.0. The number of nitro groups is 1. The van der Waals surface area contributed by atoms with E-state index in [0.29, 0.717) is 38.5 Å². The number of hydrogen-bond acceptors (Lipinski definition) is 6. The molecule has 0 radical (unpaired) electrons. The van der Waals surface area contributed by atoms with E-state index in [0.717, 1.165) is 0 Å². The molecule has 7 nitrogen and oxygen atoms in total. The Labute approximate surface area is 140 Å². The number of hydrogen-bond donors (Lipinski definition) is 0. The lowest BCUT2D eigenvalue weighted by Crippen LogP contribution is -2.39. The molecule has 0 aromatic rings. The van der Waals surface area contributed by atoms with Gasteiger partial charge in [-0.2, -0.15) is 0 Å². The lowest BCUT2D eigenvalue weighted by atomic mass is 9.88. The molecule has 0 heterocycles. The van der Waals surface area contributed by atoms with Crippen LogP contribution in [0.25, 0.3) is 0 Å². The molecule has 0 spiro atoms. The Morgan fingerprint density at radius 3 is 2.26 bits per heavy atom. The van der Waals surface area contributed by atoms with E-state index >= 15 is 0 Å². The highest BCUT2D eigenvalue weighted by atomic mass is 35.5. The normalized spacial score (nSPS) is 35.5. The van der Waals surface area contributed by atoms with Crippen molar-refractivity contribution in [2.24, 2.45) is 5.92 Å². The molecule has 23 heavy (non-hydrogen) atoms. The molecule has 0 aromatic carbocycles. The quantitative estimate of drug-likeness (QED) is 0.325. The minimum absolute atomic E-state index is 0.258. The molecule has 2 aliphatic rings. The number of halogens is 1. The van der Waals surface area contributed by atoms with Crippen LogP contribution in [0.4, 0.5) is 0 Å². The predicted molar refractivity (Wildman–Crippen MR) is 84.7 cm³/mol. The molecule has 0 aliphatic heterocycles. The Hall–Kier alpha value is -0.890. The van der Waals surface area contributed by atoms with Crippen LogP contribution in [-0.2, 0) is 19.4 Å². The number of esters is 1. The van der Waals surface area contributed by atoms with Crippen molar-refractivity contribution in [1.82, 2.24) is 0 Å². The van der Waals surface area contributed by atoms with Crippen LogP contribution < -0.4 is 0 Å². The molecular formula is C14H22ClNO6S. The van der Waals surface area contributed by atoms with Gasteiger partial charge in [0.1, 0.15) is 15.9 Å². The van der Waals surface area contributed by atoms with E-state index in [-0.39, 0.29) is 17.4 Å². The van der Waals surface area contributed by atoms with Gasteiger partial charge in [0, 0.05) is 29.4 Å². The summed E-state index contributed by atoms with van der Waals surface area (Å²) in [6.07, 6.45) is 3.76. The number of ether oxygens (including phenoxy) is 1. The molecule has 0 aromatic heterocycles. The van der Waals surface area contributed by atoms with Crippen molar-refractivity contribution < 1.29 is 22.9 Å². The Kier molecular flexibility index (Phi) is 5.89. The van der Waals surface area contributed by atoms with Crippen LogP contribution in [0.3, 0.4) is 0 Å². The summed E-state index contributed by atoms with van der Waals surface area (Å²) in [5, 5.41) is 9.67. The highest BCUT2D eigenvalue weighted by molar-refractivity contribution is 7.91. The monoisotopic (exact) mass is 367 g/mol. The third-order valence-electron chi connectivity index (χ3n) is 4.86. The van der Waals surface area contributed by atoms with E-state index in [4.69, 9.17) is 16.3 Å². The molecule has 3 unspecified atom stereocenters. The maximum absolute atomic E-state index is 12.3. The van der Waals surface area contributed by atoms with E-state index in [9.17, 15) is 23.3 Å². The average molecular weight is 368 g/mol. The first-order chi connectivity index (χ1) is 10.7. The molecule has 0 N–H and O–H groups in total. The van der Waals surface area contributed by atoms with Crippen molar-refractivity contribution >= 4 is 27.4 Å². The van der Waals surface area contributed by atoms with Crippen LogP contribution in [0.1, 0.15) is 44.9 Å². The minimum Gasteiger partial charge on any atom is -0.462 e. The average Bonchev–Trinajstić information content (AvgIpc) is 2.46. The maximum Gasteiger partial charge on any atom is 0.310 e. The summed E-state index contributed by atoms with van der Waals surface area (Å²) in [6, 6.07) is -0.545. The van der Waals surface area contributed by atoms with Crippen LogP contribution in [-0.4, -0.2) is 48.3 Å². The van der Waals surface area contributed by atoms with Crippen molar-refractivity contribution in [3.8, 4) is 0 Å². The van der Waals surface area contributed by atoms with Gasteiger partial charge in [-0.15, -0.1) is 11.6 Å². The van der Waals surface area contributed by atoms with Gasteiger partial charge in [0.05, 0.1) is 11.2 Å². The Morgan fingerprint density at radius 2 is 1.78 bits per heavy atom. The second-order valence-electron chi connectivity index (χ2n) is 6.54. The third-order valence-corrected chi connectivity index (χ3v) is 6.98. The molecule has 0 amide bonds. The summed E-state index contributed by atoms with van der Waals surface area (Å²) >= 11 is 6.21. The van der Waals surface area contributed by atoms with Gasteiger partial charge < -0.3 is 4.74 Å². The van der Waals surface area contributed by atoms with Crippen LogP contribution in [0, 0.1) is 16.0 Å². The van der Waals surface area contributed by atoms with Gasteiger partial charge in [-0.25, -0.2) is 8.42 Å². The first kappa shape index (κ1) is 18.4. The van der Waals surface area contributed by atoms with E-state index in [2.05, 4.69) is 0 Å². The van der Waals surface area contributed by atoms with Gasteiger partial charge in [0.15, 0.2) is 0 Å². The molecule has 9 heteroatoms. The number of sulfone groups is 1. The molecule has 0 saturated heterocycles. The number of nitrogens with zero attached hydrogens (tertiary/aromatic N) is 1. The molecule has 2 rings (SSSR count). The minimum atomic E-state index is -3.15. The maximum atomic E-state index is 12.3. The van der Waals surface area contributed by atoms with Crippen molar-refractivity contribution in [1.29, 1.82) is 0 Å². The smallest absolute Gasteiger partial charge is 0.310 e. The summed E-state index contributed by atoms with van der Waals surface area (Å²) in [7, 11) is -3.15. The Bertz CT molecular complexity index is 558. The van der Waals surface area contributed by atoms with Gasteiger partial charge >= 0.3 is 5.97 Å².